The molecule has 16 heavy (non-hydrogen) atoms. The van der Waals surface area contributed by atoms with E-state index in [0.717, 1.165) is 10.0 Å². The zero-order valence-corrected chi connectivity index (χ0v) is 12.0. The van der Waals surface area contributed by atoms with Crippen LogP contribution in [0.15, 0.2) is 16.6 Å². The van der Waals surface area contributed by atoms with E-state index < -0.39 is 10.8 Å². The van der Waals surface area contributed by atoms with Gasteiger partial charge in [0.1, 0.15) is 0 Å². The number of hydrogen-bond donors (Lipinski definition) is 0. The van der Waals surface area contributed by atoms with Crippen LogP contribution in [-0.2, 0) is 16.6 Å². The number of rotatable bonds is 5. The van der Waals surface area contributed by atoms with E-state index in [0.29, 0.717) is 23.0 Å². The van der Waals surface area contributed by atoms with Crippen LogP contribution in [0.5, 0.6) is 11.5 Å². The molecule has 1 aromatic carbocycles. The quantitative estimate of drug-likeness (QED) is 0.839. The molecule has 1 aromatic rings. The van der Waals surface area contributed by atoms with Crippen LogP contribution in [0.25, 0.3) is 0 Å². The molecule has 5 heteroatoms. The van der Waals surface area contributed by atoms with E-state index in [4.69, 9.17) is 9.47 Å². The molecule has 3 nitrogen and oxygen atoms in total. The summed E-state index contributed by atoms with van der Waals surface area (Å²) in [5, 5.41) is 0. The van der Waals surface area contributed by atoms with Gasteiger partial charge in [0.05, 0.1) is 18.7 Å². The third-order valence-electron chi connectivity index (χ3n) is 2.20. The van der Waals surface area contributed by atoms with Crippen LogP contribution in [0, 0.1) is 0 Å². The molecule has 1 atom stereocenters. The molecule has 0 aromatic heterocycles. The molecule has 0 aliphatic heterocycles. The lowest BCUT2D eigenvalue weighted by Crippen LogP contribution is -2.00. The fraction of sp³-hybridized carbons (Fsp3) is 0.455. The maximum Gasteiger partial charge on any atom is 0.175 e. The summed E-state index contributed by atoms with van der Waals surface area (Å²) in [5.74, 6) is 2.49. The summed E-state index contributed by atoms with van der Waals surface area (Å²) in [6, 6.07) is 3.73. The van der Waals surface area contributed by atoms with Crippen molar-refractivity contribution in [3.8, 4) is 11.5 Å². The molecule has 0 unspecified atom stereocenters. The van der Waals surface area contributed by atoms with Crippen molar-refractivity contribution in [1.29, 1.82) is 0 Å². The molecule has 1 rings (SSSR count). The molecular formula is C11H15BrO3S. The Bertz CT molecular complexity index is 393. The first-order valence-corrected chi connectivity index (χ1v) is 7.16. The van der Waals surface area contributed by atoms with Crippen molar-refractivity contribution in [2.24, 2.45) is 0 Å². The normalized spacial score (nSPS) is 12.2. The third kappa shape index (κ3) is 2.98. The van der Waals surface area contributed by atoms with E-state index in [1.807, 2.05) is 19.1 Å². The topological polar surface area (TPSA) is 35.5 Å². The monoisotopic (exact) mass is 306 g/mol. The minimum atomic E-state index is -0.833. The first kappa shape index (κ1) is 13.5. The van der Waals surface area contributed by atoms with Crippen molar-refractivity contribution >= 4 is 26.7 Å². The predicted molar refractivity (Wildman–Crippen MR) is 69.6 cm³/mol. The Balaban J connectivity index is 3.08. The summed E-state index contributed by atoms with van der Waals surface area (Å²) < 4.78 is 22.7. The summed E-state index contributed by atoms with van der Waals surface area (Å²) in [4.78, 5) is 0. The number of methoxy groups -OCH3 is 2. The van der Waals surface area contributed by atoms with Gasteiger partial charge in [-0.05, 0) is 27.6 Å². The van der Waals surface area contributed by atoms with Gasteiger partial charge in [0.15, 0.2) is 11.5 Å². The Kier molecular flexibility index (Phi) is 5.28. The highest BCUT2D eigenvalue weighted by molar-refractivity contribution is 9.10. The molecule has 90 valence electrons. The highest BCUT2D eigenvalue weighted by Crippen LogP contribution is 2.37. The van der Waals surface area contributed by atoms with Crippen LogP contribution in [0.1, 0.15) is 12.5 Å². The Morgan fingerprint density at radius 3 is 2.50 bits per heavy atom. The molecule has 0 fully saturated rings. The summed E-state index contributed by atoms with van der Waals surface area (Å²) in [6.45, 7) is 1.91. The smallest absolute Gasteiger partial charge is 0.175 e. The lowest BCUT2D eigenvalue weighted by Gasteiger charge is -2.12. The molecule has 0 aliphatic carbocycles. The molecule has 0 bridgehead atoms. The zero-order chi connectivity index (χ0) is 12.1. The van der Waals surface area contributed by atoms with Crippen molar-refractivity contribution < 1.29 is 13.7 Å². The number of ether oxygens (including phenoxy) is 2. The van der Waals surface area contributed by atoms with Gasteiger partial charge in [0, 0.05) is 22.3 Å². The van der Waals surface area contributed by atoms with Gasteiger partial charge in [-0.15, -0.1) is 0 Å². The molecular weight excluding hydrogens is 292 g/mol. The fourth-order valence-corrected chi connectivity index (χ4v) is 2.92. The molecule has 0 saturated heterocycles. The van der Waals surface area contributed by atoms with Crippen LogP contribution in [0.4, 0.5) is 0 Å². The minimum absolute atomic E-state index is 0.525. The largest absolute Gasteiger partial charge is 0.493 e. The Morgan fingerprint density at radius 1 is 1.31 bits per heavy atom. The van der Waals surface area contributed by atoms with Crippen LogP contribution in [0.3, 0.4) is 0 Å². The highest BCUT2D eigenvalue weighted by Gasteiger charge is 2.13. The minimum Gasteiger partial charge on any atom is -0.493 e. The van der Waals surface area contributed by atoms with Gasteiger partial charge in [-0.2, -0.15) is 0 Å². The van der Waals surface area contributed by atoms with Crippen LogP contribution in [-0.4, -0.2) is 24.2 Å². The Labute approximate surface area is 107 Å². The van der Waals surface area contributed by atoms with Gasteiger partial charge < -0.3 is 9.47 Å². The maximum atomic E-state index is 11.5. The van der Waals surface area contributed by atoms with E-state index in [1.54, 1.807) is 14.2 Å². The van der Waals surface area contributed by atoms with Gasteiger partial charge >= 0.3 is 0 Å². The van der Waals surface area contributed by atoms with E-state index in [2.05, 4.69) is 15.9 Å². The van der Waals surface area contributed by atoms with Gasteiger partial charge in [-0.1, -0.05) is 13.0 Å². The van der Waals surface area contributed by atoms with Crippen molar-refractivity contribution in [2.75, 3.05) is 20.0 Å². The lowest BCUT2D eigenvalue weighted by molar-refractivity contribution is 0.353. The van der Waals surface area contributed by atoms with Gasteiger partial charge in [-0.3, -0.25) is 4.21 Å². The zero-order valence-electron chi connectivity index (χ0n) is 9.58. The second kappa shape index (κ2) is 6.25. The Hall–Kier alpha value is -0.550. The molecule has 0 aliphatic rings. The number of halogens is 1. The standard InChI is InChI=1S/C11H15BrO3S/c1-4-16(13)7-8-5-6-9(14-2)11(15-3)10(8)12/h5-6H,4,7H2,1-3H3/t16-/m1/s1. The maximum absolute atomic E-state index is 11.5. The first-order valence-electron chi connectivity index (χ1n) is 4.88. The second-order valence-corrected chi connectivity index (χ2v) is 5.69. The van der Waals surface area contributed by atoms with E-state index in [1.165, 1.54) is 0 Å². The molecule has 0 heterocycles. The van der Waals surface area contributed by atoms with E-state index in [-0.39, 0.29) is 0 Å². The third-order valence-corrected chi connectivity index (χ3v) is 4.35. The molecule has 0 N–H and O–H groups in total. The number of benzene rings is 1. The van der Waals surface area contributed by atoms with E-state index in [9.17, 15) is 4.21 Å². The van der Waals surface area contributed by atoms with Crippen molar-refractivity contribution in [1.82, 2.24) is 0 Å². The fourth-order valence-electron chi connectivity index (χ4n) is 1.32. The SMILES string of the molecule is CC[S@@](=O)Cc1ccc(OC)c(OC)c1Br. The predicted octanol–water partition coefficient (Wildman–Crippen LogP) is 2.73. The van der Waals surface area contributed by atoms with E-state index >= 15 is 0 Å². The molecule has 0 saturated carbocycles. The summed E-state index contributed by atoms with van der Waals surface area (Å²) in [5.41, 5.74) is 0.970. The second-order valence-electron chi connectivity index (χ2n) is 3.15. The van der Waals surface area contributed by atoms with Gasteiger partial charge in [-0.25, -0.2) is 0 Å². The molecule has 0 radical (unpaired) electrons. The van der Waals surface area contributed by atoms with Crippen LogP contribution < -0.4 is 9.47 Å². The van der Waals surface area contributed by atoms with Crippen LogP contribution >= 0.6 is 15.9 Å². The van der Waals surface area contributed by atoms with Gasteiger partial charge in [0.2, 0.25) is 0 Å². The first-order chi connectivity index (χ1) is 7.63. The van der Waals surface area contributed by atoms with Gasteiger partial charge in [0.25, 0.3) is 0 Å². The average Bonchev–Trinajstić information content (AvgIpc) is 2.31. The summed E-state index contributed by atoms with van der Waals surface area (Å²) in [6.07, 6.45) is 0. The Morgan fingerprint density at radius 2 is 2.00 bits per heavy atom. The number of hydrogen-bond acceptors (Lipinski definition) is 3. The summed E-state index contributed by atoms with van der Waals surface area (Å²) >= 11 is 3.45. The molecule has 0 spiro atoms. The lowest BCUT2D eigenvalue weighted by atomic mass is 10.2. The summed E-state index contributed by atoms with van der Waals surface area (Å²) in [7, 11) is 2.34. The van der Waals surface area contributed by atoms with Crippen molar-refractivity contribution in [3.63, 3.8) is 0 Å². The molecule has 0 amide bonds. The average molecular weight is 307 g/mol. The highest BCUT2D eigenvalue weighted by atomic mass is 79.9. The van der Waals surface area contributed by atoms with Crippen molar-refractivity contribution in [3.05, 3.63) is 22.2 Å². The van der Waals surface area contributed by atoms with Crippen LogP contribution in [0.2, 0.25) is 0 Å². The van der Waals surface area contributed by atoms with Crippen molar-refractivity contribution in [2.45, 2.75) is 12.7 Å².